The Bertz CT molecular complexity index is 1220. The van der Waals surface area contributed by atoms with Crippen molar-refractivity contribution >= 4 is 28.7 Å². The summed E-state index contributed by atoms with van der Waals surface area (Å²) < 4.78 is 3.87. The summed E-state index contributed by atoms with van der Waals surface area (Å²) in [5.41, 5.74) is 2.91. The van der Waals surface area contributed by atoms with Crippen LogP contribution < -0.4 is 5.32 Å². The number of rotatable bonds is 7. The zero-order valence-electron chi connectivity index (χ0n) is 17.3. The lowest BCUT2D eigenvalue weighted by molar-refractivity contribution is -0.120. The monoisotopic (exact) mass is 433 g/mol. The van der Waals surface area contributed by atoms with Crippen molar-refractivity contribution in [2.24, 2.45) is 7.05 Å². The predicted molar refractivity (Wildman–Crippen MR) is 119 cm³/mol. The summed E-state index contributed by atoms with van der Waals surface area (Å²) in [5.74, 6) is 0.706. The molecule has 1 aliphatic rings. The quantitative estimate of drug-likeness (QED) is 0.450. The topological polar surface area (TPSA) is 90.5 Å². The van der Waals surface area contributed by atoms with Gasteiger partial charge in [0.1, 0.15) is 11.9 Å². The van der Waals surface area contributed by atoms with Crippen LogP contribution in [0.15, 0.2) is 59.8 Å². The number of carbonyl (C=O) groups is 1. The van der Waals surface area contributed by atoms with Crippen LogP contribution in [0.1, 0.15) is 43.2 Å². The summed E-state index contributed by atoms with van der Waals surface area (Å²) in [4.78, 5) is 18.0. The van der Waals surface area contributed by atoms with Crippen LogP contribution in [0.2, 0.25) is 0 Å². The Morgan fingerprint density at radius 3 is 2.61 bits per heavy atom. The smallest absolute Gasteiger partial charge is 0.234 e. The molecule has 158 valence electrons. The number of thioether (sulfide) groups is 1. The van der Waals surface area contributed by atoms with Crippen molar-refractivity contribution in [3.05, 3.63) is 66.0 Å². The molecule has 2 unspecified atom stereocenters. The third-order valence-electron chi connectivity index (χ3n) is 5.51. The summed E-state index contributed by atoms with van der Waals surface area (Å²) in [6, 6.07) is 17.9. The Kier molecular flexibility index (Phi) is 5.19. The number of nitrogens with one attached hydrogen (secondary N) is 1. The second-order valence-corrected chi connectivity index (χ2v) is 9.08. The number of carbonyl (C=O) groups excluding carboxylic acids is 1. The third-order valence-corrected chi connectivity index (χ3v) is 6.55. The standard InChI is InChI=1S/C22H23N7OS/c1-14(31-22-25-26-27-29(22)16-12-13-16)21(30)24-19(15-8-4-3-5-9-15)20-23-17-10-6-7-11-18(17)28(20)2/h3-11,14,16,19H,12-13H2,1-2H3,(H,24,30). The lowest BCUT2D eigenvalue weighted by Gasteiger charge is -2.21. The van der Waals surface area contributed by atoms with Gasteiger partial charge in [-0.2, -0.15) is 0 Å². The lowest BCUT2D eigenvalue weighted by Crippen LogP contribution is -2.36. The largest absolute Gasteiger partial charge is 0.341 e. The van der Waals surface area contributed by atoms with Crippen molar-refractivity contribution in [1.29, 1.82) is 0 Å². The number of hydrogen-bond donors (Lipinski definition) is 1. The highest BCUT2D eigenvalue weighted by Crippen LogP contribution is 2.37. The fourth-order valence-electron chi connectivity index (χ4n) is 3.65. The number of fused-ring (bicyclic) bond motifs is 1. The highest BCUT2D eigenvalue weighted by Gasteiger charge is 2.30. The van der Waals surface area contributed by atoms with Gasteiger partial charge in [-0.25, -0.2) is 9.67 Å². The van der Waals surface area contributed by atoms with Gasteiger partial charge in [0, 0.05) is 7.05 Å². The van der Waals surface area contributed by atoms with E-state index >= 15 is 0 Å². The Labute approximate surface area is 184 Å². The molecule has 0 spiro atoms. The second-order valence-electron chi connectivity index (χ2n) is 7.77. The maximum absolute atomic E-state index is 13.2. The van der Waals surface area contributed by atoms with E-state index < -0.39 is 0 Å². The predicted octanol–water partition coefficient (Wildman–Crippen LogP) is 3.28. The SMILES string of the molecule is CC(Sc1nnnn1C1CC1)C(=O)NC(c1ccccc1)c1nc2ccccc2n1C. The number of benzene rings is 2. The Balaban J connectivity index is 1.42. The minimum Gasteiger partial charge on any atom is -0.341 e. The van der Waals surface area contributed by atoms with Gasteiger partial charge < -0.3 is 9.88 Å². The number of aryl methyl sites for hydroxylation is 1. The average molecular weight is 434 g/mol. The first-order valence-electron chi connectivity index (χ1n) is 10.3. The summed E-state index contributed by atoms with van der Waals surface area (Å²) in [7, 11) is 1.98. The third kappa shape index (κ3) is 3.93. The van der Waals surface area contributed by atoms with E-state index in [0.717, 1.165) is 35.3 Å². The van der Waals surface area contributed by atoms with Crippen LogP contribution in [0.25, 0.3) is 11.0 Å². The van der Waals surface area contributed by atoms with E-state index in [0.29, 0.717) is 11.2 Å². The van der Waals surface area contributed by atoms with Crippen molar-refractivity contribution < 1.29 is 4.79 Å². The molecule has 9 heteroatoms. The van der Waals surface area contributed by atoms with E-state index in [4.69, 9.17) is 4.98 Å². The van der Waals surface area contributed by atoms with Gasteiger partial charge >= 0.3 is 0 Å². The highest BCUT2D eigenvalue weighted by molar-refractivity contribution is 8.00. The van der Waals surface area contributed by atoms with Gasteiger partial charge in [-0.05, 0) is 47.9 Å². The summed E-state index contributed by atoms with van der Waals surface area (Å²) in [5, 5.41) is 15.5. The molecule has 2 atom stereocenters. The molecule has 2 aromatic heterocycles. The van der Waals surface area contributed by atoms with Crippen molar-refractivity contribution in [3.8, 4) is 0 Å². The molecule has 1 saturated carbocycles. The molecule has 8 nitrogen and oxygen atoms in total. The molecule has 0 saturated heterocycles. The molecule has 4 aromatic rings. The van der Waals surface area contributed by atoms with Gasteiger partial charge in [0.05, 0.1) is 22.3 Å². The summed E-state index contributed by atoms with van der Waals surface area (Å²) in [6.45, 7) is 1.88. The van der Waals surface area contributed by atoms with E-state index in [9.17, 15) is 4.79 Å². The van der Waals surface area contributed by atoms with Crippen LogP contribution in [-0.2, 0) is 11.8 Å². The average Bonchev–Trinajstić information content (AvgIpc) is 3.45. The van der Waals surface area contributed by atoms with Crippen LogP contribution in [-0.4, -0.2) is 40.9 Å². The van der Waals surface area contributed by atoms with Crippen molar-refractivity contribution in [2.75, 3.05) is 0 Å². The van der Waals surface area contributed by atoms with Crippen LogP contribution in [0.4, 0.5) is 0 Å². The number of hydrogen-bond acceptors (Lipinski definition) is 6. The minimum atomic E-state index is -0.367. The maximum Gasteiger partial charge on any atom is 0.234 e. The zero-order valence-corrected chi connectivity index (χ0v) is 18.2. The first-order chi connectivity index (χ1) is 15.1. The molecule has 31 heavy (non-hydrogen) atoms. The van der Waals surface area contributed by atoms with Crippen LogP contribution in [0.5, 0.6) is 0 Å². The van der Waals surface area contributed by atoms with Gasteiger partial charge in [-0.1, -0.05) is 54.2 Å². The number of amides is 1. The van der Waals surface area contributed by atoms with Gasteiger partial charge in [-0.15, -0.1) is 5.10 Å². The molecule has 0 bridgehead atoms. The normalized spacial score (nSPS) is 15.7. The number of nitrogens with zero attached hydrogens (tertiary/aromatic N) is 6. The van der Waals surface area contributed by atoms with E-state index in [2.05, 4.69) is 20.8 Å². The zero-order chi connectivity index (χ0) is 21.4. The first-order valence-corrected chi connectivity index (χ1v) is 11.2. The van der Waals surface area contributed by atoms with Crippen molar-refractivity contribution in [3.63, 3.8) is 0 Å². The van der Waals surface area contributed by atoms with E-state index in [-0.39, 0.29) is 17.2 Å². The van der Waals surface area contributed by atoms with Crippen LogP contribution in [0, 0.1) is 0 Å². The minimum absolute atomic E-state index is 0.0868. The summed E-state index contributed by atoms with van der Waals surface area (Å²) in [6.07, 6.45) is 2.17. The number of aromatic nitrogens is 6. The first kappa shape index (κ1) is 19.7. The molecule has 2 aromatic carbocycles. The summed E-state index contributed by atoms with van der Waals surface area (Å²) >= 11 is 1.38. The van der Waals surface area contributed by atoms with Crippen LogP contribution >= 0.6 is 11.8 Å². The molecule has 0 radical (unpaired) electrons. The molecule has 1 aliphatic carbocycles. The Hall–Kier alpha value is -3.20. The Morgan fingerprint density at radius 2 is 1.87 bits per heavy atom. The van der Waals surface area contributed by atoms with E-state index in [1.54, 1.807) is 0 Å². The fraction of sp³-hybridized carbons (Fsp3) is 0.318. The number of imidazole rings is 1. The van der Waals surface area contributed by atoms with Gasteiger partial charge in [-0.3, -0.25) is 4.79 Å². The van der Waals surface area contributed by atoms with Gasteiger partial charge in [0.25, 0.3) is 0 Å². The molecular formula is C22H23N7OS. The molecule has 2 heterocycles. The van der Waals surface area contributed by atoms with Crippen LogP contribution in [0.3, 0.4) is 0 Å². The van der Waals surface area contributed by atoms with E-state index in [1.807, 2.05) is 77.8 Å². The fourth-order valence-corrected chi connectivity index (χ4v) is 4.52. The molecule has 1 fully saturated rings. The molecule has 1 N–H and O–H groups in total. The molecule has 1 amide bonds. The van der Waals surface area contributed by atoms with Gasteiger partial charge in [0.2, 0.25) is 11.1 Å². The lowest BCUT2D eigenvalue weighted by atomic mass is 10.1. The number of para-hydroxylation sites is 2. The van der Waals surface area contributed by atoms with Gasteiger partial charge in [0.15, 0.2) is 0 Å². The highest BCUT2D eigenvalue weighted by atomic mass is 32.2. The molecular weight excluding hydrogens is 410 g/mol. The van der Waals surface area contributed by atoms with E-state index in [1.165, 1.54) is 11.8 Å². The Morgan fingerprint density at radius 1 is 1.13 bits per heavy atom. The van der Waals surface area contributed by atoms with Crippen molar-refractivity contribution in [1.82, 2.24) is 35.1 Å². The molecule has 0 aliphatic heterocycles. The molecule has 5 rings (SSSR count). The van der Waals surface area contributed by atoms with Crippen molar-refractivity contribution in [2.45, 2.75) is 42.3 Å². The maximum atomic E-state index is 13.2. The second kappa shape index (κ2) is 8.14. The number of tetrazole rings is 1.